The van der Waals surface area contributed by atoms with Crippen molar-refractivity contribution in [3.63, 3.8) is 0 Å². The molecule has 1 aromatic carbocycles. The standard InChI is InChI=1S/C18H27NO3S/c1-15(20)22-14-8-11-17(19-23(21)18(2,3)4)13-12-16-9-6-5-7-10-16/h5-11,17,19H,12-14H2,1-4H3/b11-8-/t17-,23?/m0/s1. The smallest absolute Gasteiger partial charge is 0.302 e. The van der Waals surface area contributed by atoms with E-state index >= 15 is 0 Å². The molecule has 0 bridgehead atoms. The van der Waals surface area contributed by atoms with Gasteiger partial charge in [0.05, 0.1) is 15.7 Å². The Labute approximate surface area is 141 Å². The summed E-state index contributed by atoms with van der Waals surface area (Å²) >= 11 is 0. The Morgan fingerprint density at radius 1 is 1.30 bits per heavy atom. The predicted octanol–water partition coefficient (Wildman–Crippen LogP) is 3.16. The van der Waals surface area contributed by atoms with Crippen molar-refractivity contribution in [3.05, 3.63) is 48.0 Å². The molecule has 0 aliphatic carbocycles. The number of carbonyl (C=O) groups excluding carboxylic acids is 1. The SMILES string of the molecule is CC(=O)OC/C=C\[C@@H](CCc1ccccc1)NS(=O)C(C)(C)C. The second kappa shape index (κ2) is 9.63. The maximum atomic E-state index is 12.3. The number of hydrogen-bond donors (Lipinski definition) is 1. The summed E-state index contributed by atoms with van der Waals surface area (Å²) in [7, 11) is -1.15. The van der Waals surface area contributed by atoms with E-state index < -0.39 is 11.0 Å². The van der Waals surface area contributed by atoms with Crippen LogP contribution in [0.25, 0.3) is 0 Å². The van der Waals surface area contributed by atoms with Gasteiger partial charge in [-0.2, -0.15) is 0 Å². The summed E-state index contributed by atoms with van der Waals surface area (Å²) in [5.41, 5.74) is 1.24. The number of benzene rings is 1. The lowest BCUT2D eigenvalue weighted by Crippen LogP contribution is -2.39. The molecule has 0 saturated carbocycles. The van der Waals surface area contributed by atoms with Crippen LogP contribution < -0.4 is 4.72 Å². The van der Waals surface area contributed by atoms with Crippen molar-refractivity contribution in [1.29, 1.82) is 0 Å². The van der Waals surface area contributed by atoms with E-state index in [2.05, 4.69) is 16.9 Å². The number of ether oxygens (including phenoxy) is 1. The number of hydrogen-bond acceptors (Lipinski definition) is 3. The zero-order valence-corrected chi connectivity index (χ0v) is 15.2. The van der Waals surface area contributed by atoms with E-state index in [0.717, 1.165) is 12.8 Å². The molecule has 0 saturated heterocycles. The third kappa shape index (κ3) is 8.67. The number of nitrogens with one attached hydrogen (secondary N) is 1. The van der Waals surface area contributed by atoms with Crippen molar-refractivity contribution in [2.75, 3.05) is 6.61 Å². The molecule has 1 N–H and O–H groups in total. The van der Waals surface area contributed by atoms with Crippen LogP contribution in [-0.2, 0) is 26.9 Å². The van der Waals surface area contributed by atoms with Crippen LogP contribution in [0.4, 0.5) is 0 Å². The minimum atomic E-state index is -1.15. The fraction of sp³-hybridized carbons (Fsp3) is 0.500. The predicted molar refractivity (Wildman–Crippen MR) is 95.4 cm³/mol. The maximum Gasteiger partial charge on any atom is 0.302 e. The van der Waals surface area contributed by atoms with E-state index in [9.17, 15) is 9.00 Å². The van der Waals surface area contributed by atoms with Crippen LogP contribution in [0, 0.1) is 0 Å². The molecule has 0 aromatic heterocycles. The van der Waals surface area contributed by atoms with Gasteiger partial charge in [0.15, 0.2) is 0 Å². The van der Waals surface area contributed by atoms with E-state index in [1.807, 2.05) is 45.0 Å². The van der Waals surface area contributed by atoms with Crippen molar-refractivity contribution in [2.24, 2.45) is 0 Å². The topological polar surface area (TPSA) is 55.4 Å². The number of carbonyl (C=O) groups is 1. The quantitative estimate of drug-likeness (QED) is 0.585. The average molecular weight is 337 g/mol. The summed E-state index contributed by atoms with van der Waals surface area (Å²) in [6.07, 6.45) is 5.43. The van der Waals surface area contributed by atoms with E-state index in [-0.39, 0.29) is 23.4 Å². The highest BCUT2D eigenvalue weighted by Gasteiger charge is 2.21. The number of rotatable bonds is 8. The Hall–Kier alpha value is -1.46. The van der Waals surface area contributed by atoms with Gasteiger partial charge < -0.3 is 4.74 Å². The molecule has 0 aliphatic rings. The van der Waals surface area contributed by atoms with Gasteiger partial charge in [-0.15, -0.1) is 0 Å². The Morgan fingerprint density at radius 3 is 2.52 bits per heavy atom. The molecule has 1 unspecified atom stereocenters. The van der Waals surface area contributed by atoms with Gasteiger partial charge in [-0.3, -0.25) is 4.79 Å². The summed E-state index contributed by atoms with van der Waals surface area (Å²) in [5.74, 6) is -0.304. The summed E-state index contributed by atoms with van der Waals surface area (Å²) in [6, 6.07) is 10.2. The molecule has 5 heteroatoms. The fourth-order valence-electron chi connectivity index (χ4n) is 1.86. The van der Waals surface area contributed by atoms with Crippen LogP contribution in [0.15, 0.2) is 42.5 Å². The van der Waals surface area contributed by atoms with Gasteiger partial charge in [0, 0.05) is 13.0 Å². The highest BCUT2D eigenvalue weighted by molar-refractivity contribution is 7.84. The largest absolute Gasteiger partial charge is 0.462 e. The second-order valence-electron chi connectivity index (χ2n) is 6.36. The highest BCUT2D eigenvalue weighted by Crippen LogP contribution is 2.12. The lowest BCUT2D eigenvalue weighted by Gasteiger charge is -2.22. The fourth-order valence-corrected chi connectivity index (χ4v) is 2.69. The first kappa shape index (κ1) is 19.6. The van der Waals surface area contributed by atoms with E-state index in [0.29, 0.717) is 0 Å². The van der Waals surface area contributed by atoms with E-state index in [1.54, 1.807) is 6.08 Å². The number of esters is 1. The molecule has 2 atom stereocenters. The number of aryl methyl sites for hydroxylation is 1. The van der Waals surface area contributed by atoms with E-state index in [4.69, 9.17) is 4.74 Å². The van der Waals surface area contributed by atoms with Gasteiger partial charge in [-0.1, -0.05) is 36.4 Å². The van der Waals surface area contributed by atoms with Crippen LogP contribution in [-0.4, -0.2) is 27.6 Å². The van der Waals surface area contributed by atoms with Gasteiger partial charge in [0.2, 0.25) is 0 Å². The molecule has 0 radical (unpaired) electrons. The molecule has 0 fully saturated rings. The van der Waals surface area contributed by atoms with Crippen LogP contribution >= 0.6 is 0 Å². The van der Waals surface area contributed by atoms with E-state index in [1.165, 1.54) is 12.5 Å². The first-order valence-electron chi connectivity index (χ1n) is 7.81. The Kier molecular flexibility index (Phi) is 8.20. The molecule has 1 aromatic rings. The molecular formula is C18H27NO3S. The van der Waals surface area contributed by atoms with Crippen molar-refractivity contribution < 1.29 is 13.7 Å². The lowest BCUT2D eigenvalue weighted by molar-refractivity contribution is -0.139. The lowest BCUT2D eigenvalue weighted by atomic mass is 10.1. The molecule has 128 valence electrons. The van der Waals surface area contributed by atoms with Crippen LogP contribution in [0.1, 0.15) is 39.7 Å². The summed E-state index contributed by atoms with van der Waals surface area (Å²) < 4.78 is 20.0. The Balaban J connectivity index is 2.63. The van der Waals surface area contributed by atoms with Gasteiger partial charge >= 0.3 is 5.97 Å². The molecule has 0 amide bonds. The zero-order valence-electron chi connectivity index (χ0n) is 14.4. The van der Waals surface area contributed by atoms with Crippen LogP contribution in [0.2, 0.25) is 0 Å². The summed E-state index contributed by atoms with van der Waals surface area (Å²) in [4.78, 5) is 10.8. The van der Waals surface area contributed by atoms with Crippen LogP contribution in [0.3, 0.4) is 0 Å². The third-order valence-corrected chi connectivity index (χ3v) is 4.78. The minimum absolute atomic E-state index is 0.0363. The molecule has 0 spiro atoms. The Morgan fingerprint density at radius 2 is 1.96 bits per heavy atom. The summed E-state index contributed by atoms with van der Waals surface area (Å²) in [5, 5.41) is 0. The molecule has 0 aliphatic heterocycles. The van der Waals surface area contributed by atoms with Crippen molar-refractivity contribution in [2.45, 2.75) is 51.3 Å². The van der Waals surface area contributed by atoms with Crippen LogP contribution in [0.5, 0.6) is 0 Å². The molecule has 4 nitrogen and oxygen atoms in total. The van der Waals surface area contributed by atoms with Crippen molar-refractivity contribution in [3.8, 4) is 0 Å². The average Bonchev–Trinajstić information content (AvgIpc) is 2.48. The van der Waals surface area contributed by atoms with Gasteiger partial charge in [0.25, 0.3) is 0 Å². The van der Waals surface area contributed by atoms with Gasteiger partial charge in [0.1, 0.15) is 6.61 Å². The molecule has 23 heavy (non-hydrogen) atoms. The van der Waals surface area contributed by atoms with Crippen molar-refractivity contribution >= 4 is 17.0 Å². The highest BCUT2D eigenvalue weighted by atomic mass is 32.2. The summed E-state index contributed by atoms with van der Waals surface area (Å²) in [6.45, 7) is 7.43. The minimum Gasteiger partial charge on any atom is -0.462 e. The monoisotopic (exact) mass is 337 g/mol. The first-order valence-corrected chi connectivity index (χ1v) is 8.96. The second-order valence-corrected chi connectivity index (χ2v) is 8.36. The maximum absolute atomic E-state index is 12.3. The first-order chi connectivity index (χ1) is 10.8. The Bertz CT molecular complexity index is 535. The van der Waals surface area contributed by atoms with Gasteiger partial charge in [-0.05, 0) is 45.3 Å². The molecule has 0 heterocycles. The third-order valence-electron chi connectivity index (χ3n) is 3.15. The zero-order chi connectivity index (χ0) is 17.3. The van der Waals surface area contributed by atoms with Crippen molar-refractivity contribution in [1.82, 2.24) is 4.72 Å². The molecular weight excluding hydrogens is 310 g/mol. The normalized spacial score (nSPS) is 14.6. The molecule has 1 rings (SSSR count). The van der Waals surface area contributed by atoms with Gasteiger partial charge in [-0.25, -0.2) is 8.93 Å².